The molecule has 0 aromatic rings. The molecule has 0 fully saturated rings. The molecule has 0 radical (unpaired) electrons. The Morgan fingerprint density at radius 2 is 1.25 bits per heavy atom. The zero-order valence-electron chi connectivity index (χ0n) is 13.5. The lowest BCUT2D eigenvalue weighted by Crippen LogP contribution is -2.23. The Morgan fingerprint density at radius 3 is 1.62 bits per heavy atom. The van der Waals surface area contributed by atoms with Crippen molar-refractivity contribution in [1.29, 1.82) is 0 Å². The molecule has 0 saturated heterocycles. The standard InChI is InChI=1S/C15H19NO8/c1-3-21-12(17)8-23-14(19)10-5-11(7-16-6-10)15(20)24-9-13(18)22-4-2/h6-7,16H,3-5,8-9H2,1-2H3. The van der Waals surface area contributed by atoms with Crippen molar-refractivity contribution >= 4 is 23.9 Å². The van der Waals surface area contributed by atoms with Crippen molar-refractivity contribution in [2.75, 3.05) is 26.4 Å². The Hall–Kier alpha value is -2.84. The van der Waals surface area contributed by atoms with Crippen molar-refractivity contribution in [2.24, 2.45) is 0 Å². The smallest absolute Gasteiger partial charge is 0.344 e. The molecule has 1 aliphatic heterocycles. The molecule has 24 heavy (non-hydrogen) atoms. The van der Waals surface area contributed by atoms with Gasteiger partial charge in [-0.1, -0.05) is 0 Å². The normalized spacial score (nSPS) is 12.9. The second-order valence-corrected chi connectivity index (χ2v) is 4.44. The molecule has 132 valence electrons. The molecule has 0 bridgehead atoms. The van der Waals surface area contributed by atoms with E-state index < -0.39 is 37.1 Å². The summed E-state index contributed by atoms with van der Waals surface area (Å²) in [7, 11) is 0. The molecule has 1 rings (SSSR count). The fourth-order valence-electron chi connectivity index (χ4n) is 1.65. The highest BCUT2D eigenvalue weighted by atomic mass is 16.6. The van der Waals surface area contributed by atoms with Crippen LogP contribution in [-0.4, -0.2) is 50.3 Å². The van der Waals surface area contributed by atoms with E-state index in [1.807, 2.05) is 0 Å². The minimum atomic E-state index is -0.764. The van der Waals surface area contributed by atoms with Gasteiger partial charge in [-0.2, -0.15) is 0 Å². The number of carbonyl (C=O) groups excluding carboxylic acids is 4. The summed E-state index contributed by atoms with van der Waals surface area (Å²) in [5.41, 5.74) is 0.259. The number of hydrogen-bond acceptors (Lipinski definition) is 9. The summed E-state index contributed by atoms with van der Waals surface area (Å²) < 4.78 is 18.8. The van der Waals surface area contributed by atoms with E-state index in [2.05, 4.69) is 14.8 Å². The van der Waals surface area contributed by atoms with Crippen LogP contribution in [-0.2, 0) is 38.1 Å². The molecular weight excluding hydrogens is 322 g/mol. The Morgan fingerprint density at radius 1 is 0.833 bits per heavy atom. The monoisotopic (exact) mass is 341 g/mol. The van der Waals surface area contributed by atoms with E-state index in [1.54, 1.807) is 13.8 Å². The molecule has 1 aliphatic rings. The number of ether oxygens (including phenoxy) is 4. The summed E-state index contributed by atoms with van der Waals surface area (Å²) in [6.45, 7) is 2.59. The van der Waals surface area contributed by atoms with Crippen LogP contribution in [0.4, 0.5) is 0 Å². The predicted octanol–water partition coefficient (Wildman–Crippen LogP) is -0.0399. The zero-order chi connectivity index (χ0) is 17.9. The molecule has 0 amide bonds. The average molecular weight is 341 g/mol. The maximum Gasteiger partial charge on any atom is 0.344 e. The van der Waals surface area contributed by atoms with Crippen LogP contribution in [0.1, 0.15) is 20.3 Å². The number of dihydropyridines is 1. The van der Waals surface area contributed by atoms with Crippen LogP contribution in [0.2, 0.25) is 0 Å². The molecule has 9 nitrogen and oxygen atoms in total. The first-order valence-corrected chi connectivity index (χ1v) is 7.27. The van der Waals surface area contributed by atoms with Crippen LogP contribution in [0.5, 0.6) is 0 Å². The van der Waals surface area contributed by atoms with Gasteiger partial charge in [0.1, 0.15) is 0 Å². The Balaban J connectivity index is 2.45. The van der Waals surface area contributed by atoms with E-state index in [0.717, 1.165) is 0 Å². The van der Waals surface area contributed by atoms with Crippen molar-refractivity contribution in [3.8, 4) is 0 Å². The lowest BCUT2D eigenvalue weighted by Gasteiger charge is -2.14. The van der Waals surface area contributed by atoms with Gasteiger partial charge >= 0.3 is 23.9 Å². The van der Waals surface area contributed by atoms with Crippen molar-refractivity contribution < 1.29 is 38.1 Å². The van der Waals surface area contributed by atoms with E-state index in [-0.39, 0.29) is 30.8 Å². The second-order valence-electron chi connectivity index (χ2n) is 4.44. The number of esters is 4. The quantitative estimate of drug-likeness (QED) is 0.479. The van der Waals surface area contributed by atoms with Crippen LogP contribution >= 0.6 is 0 Å². The van der Waals surface area contributed by atoms with Gasteiger partial charge in [-0.05, 0) is 13.8 Å². The minimum Gasteiger partial charge on any atom is -0.463 e. The van der Waals surface area contributed by atoms with Crippen molar-refractivity contribution in [3.05, 3.63) is 23.5 Å². The van der Waals surface area contributed by atoms with Gasteiger partial charge in [0.2, 0.25) is 0 Å². The third-order valence-corrected chi connectivity index (χ3v) is 2.67. The summed E-state index contributed by atoms with van der Waals surface area (Å²) in [6, 6.07) is 0. The third kappa shape index (κ3) is 6.51. The summed E-state index contributed by atoms with van der Waals surface area (Å²) in [5.74, 6) is -2.86. The van der Waals surface area contributed by atoms with Gasteiger partial charge in [0, 0.05) is 18.8 Å². The average Bonchev–Trinajstić information content (AvgIpc) is 2.58. The highest BCUT2D eigenvalue weighted by molar-refractivity contribution is 5.96. The molecular formula is C15H19NO8. The summed E-state index contributed by atoms with van der Waals surface area (Å²) in [4.78, 5) is 46.0. The first-order chi connectivity index (χ1) is 11.5. The molecule has 0 aromatic carbocycles. The molecule has 0 aliphatic carbocycles. The van der Waals surface area contributed by atoms with Gasteiger partial charge in [0.15, 0.2) is 13.2 Å². The van der Waals surface area contributed by atoms with E-state index in [0.29, 0.717) is 0 Å². The first kappa shape index (κ1) is 19.2. The van der Waals surface area contributed by atoms with Crippen LogP contribution < -0.4 is 5.32 Å². The molecule has 0 aromatic heterocycles. The van der Waals surface area contributed by atoms with Crippen LogP contribution in [0.15, 0.2) is 23.5 Å². The van der Waals surface area contributed by atoms with E-state index in [9.17, 15) is 19.2 Å². The molecule has 0 spiro atoms. The van der Waals surface area contributed by atoms with Crippen LogP contribution in [0.3, 0.4) is 0 Å². The SMILES string of the molecule is CCOC(=O)COC(=O)C1=CNC=C(C(=O)OCC(=O)OCC)C1. The molecule has 0 unspecified atom stereocenters. The van der Waals surface area contributed by atoms with Crippen molar-refractivity contribution in [1.82, 2.24) is 5.32 Å². The summed E-state index contributed by atoms with van der Waals surface area (Å²) >= 11 is 0. The number of nitrogens with one attached hydrogen (secondary N) is 1. The molecule has 9 heteroatoms. The molecule has 1 N–H and O–H groups in total. The highest BCUT2D eigenvalue weighted by Crippen LogP contribution is 2.16. The Kier molecular flexibility index (Phi) is 8.03. The van der Waals surface area contributed by atoms with Gasteiger partial charge in [0.25, 0.3) is 0 Å². The lowest BCUT2D eigenvalue weighted by molar-refractivity contribution is -0.156. The van der Waals surface area contributed by atoms with E-state index >= 15 is 0 Å². The number of rotatable bonds is 8. The van der Waals surface area contributed by atoms with Gasteiger partial charge in [-0.3, -0.25) is 0 Å². The summed E-state index contributed by atoms with van der Waals surface area (Å²) in [6.07, 6.45) is 2.63. The first-order valence-electron chi connectivity index (χ1n) is 7.27. The number of hydrogen-bond donors (Lipinski definition) is 1. The Bertz CT molecular complexity index is 516. The molecule has 0 atom stereocenters. The number of carbonyl (C=O) groups is 4. The minimum absolute atomic E-state index is 0.0592. The van der Waals surface area contributed by atoms with Gasteiger partial charge in [0.05, 0.1) is 24.4 Å². The maximum absolute atomic E-state index is 11.8. The van der Waals surface area contributed by atoms with Gasteiger partial charge < -0.3 is 24.3 Å². The Labute approximate surface area is 138 Å². The fraction of sp³-hybridized carbons (Fsp3) is 0.467. The van der Waals surface area contributed by atoms with Gasteiger partial charge in [-0.15, -0.1) is 0 Å². The van der Waals surface area contributed by atoms with Gasteiger partial charge in [-0.25, -0.2) is 19.2 Å². The third-order valence-electron chi connectivity index (χ3n) is 2.67. The lowest BCUT2D eigenvalue weighted by atomic mass is 10.1. The highest BCUT2D eigenvalue weighted by Gasteiger charge is 2.22. The van der Waals surface area contributed by atoms with Crippen LogP contribution in [0.25, 0.3) is 0 Å². The molecule has 0 saturated carbocycles. The topological polar surface area (TPSA) is 117 Å². The molecule has 1 heterocycles. The summed E-state index contributed by atoms with van der Waals surface area (Å²) in [5, 5.41) is 2.61. The second kappa shape index (κ2) is 10.0. The predicted molar refractivity (Wildman–Crippen MR) is 79.1 cm³/mol. The maximum atomic E-state index is 11.8. The van der Waals surface area contributed by atoms with E-state index in [4.69, 9.17) is 9.47 Å². The zero-order valence-corrected chi connectivity index (χ0v) is 13.5. The largest absolute Gasteiger partial charge is 0.463 e. The fourth-order valence-corrected chi connectivity index (χ4v) is 1.65. The van der Waals surface area contributed by atoms with Crippen molar-refractivity contribution in [2.45, 2.75) is 20.3 Å². The van der Waals surface area contributed by atoms with Crippen molar-refractivity contribution in [3.63, 3.8) is 0 Å². The van der Waals surface area contributed by atoms with Crippen LogP contribution in [0, 0.1) is 0 Å². The van der Waals surface area contributed by atoms with E-state index in [1.165, 1.54) is 12.4 Å².